The van der Waals surface area contributed by atoms with Gasteiger partial charge in [0.15, 0.2) is 11.4 Å². The lowest BCUT2D eigenvalue weighted by Crippen LogP contribution is -2.41. The van der Waals surface area contributed by atoms with Crippen molar-refractivity contribution < 1.29 is 14.3 Å². The number of carbonyl (C=O) groups is 2. The highest BCUT2D eigenvalue weighted by Gasteiger charge is 2.56. The number of ketones is 1. The van der Waals surface area contributed by atoms with Crippen molar-refractivity contribution in [3.05, 3.63) is 93.5 Å². The Balaban J connectivity index is 1.94. The predicted molar refractivity (Wildman–Crippen MR) is 126 cm³/mol. The molecule has 1 spiro atoms. The average molecular weight is 427 g/mol. The number of hydrogen-bond acceptors (Lipinski definition) is 5. The van der Waals surface area contributed by atoms with Crippen molar-refractivity contribution in [2.24, 2.45) is 0 Å². The smallest absolute Gasteiger partial charge is 0.340 e. The maximum Gasteiger partial charge on any atom is 0.340 e. The Kier molecular flexibility index (Phi) is 4.25. The van der Waals surface area contributed by atoms with E-state index in [1.807, 2.05) is 50.5 Å². The molecule has 0 atom stereocenters. The summed E-state index contributed by atoms with van der Waals surface area (Å²) in [5.74, 6) is -0.610. The summed E-state index contributed by atoms with van der Waals surface area (Å²) in [5, 5.41) is 6.46. The Morgan fingerprint density at radius 2 is 1.38 bits per heavy atom. The van der Waals surface area contributed by atoms with E-state index in [0.29, 0.717) is 11.1 Å². The first-order valence-corrected chi connectivity index (χ1v) is 10.8. The lowest BCUT2D eigenvalue weighted by Gasteiger charge is -2.44. The molecule has 32 heavy (non-hydrogen) atoms. The zero-order valence-electron chi connectivity index (χ0n) is 18.9. The molecule has 3 aromatic carbocycles. The van der Waals surface area contributed by atoms with Gasteiger partial charge in [-0.25, -0.2) is 4.79 Å². The first-order valence-electron chi connectivity index (χ1n) is 10.8. The van der Waals surface area contributed by atoms with Crippen LogP contribution in [0, 0.1) is 0 Å². The van der Waals surface area contributed by atoms with Crippen molar-refractivity contribution in [3.8, 4) is 0 Å². The minimum absolute atomic E-state index is 0.150. The Bertz CT molecular complexity index is 1250. The summed E-state index contributed by atoms with van der Waals surface area (Å²) in [6.07, 6.45) is 0. The third-order valence-electron chi connectivity index (χ3n) is 6.99. The summed E-state index contributed by atoms with van der Waals surface area (Å²) in [4.78, 5) is 25.7. The van der Waals surface area contributed by atoms with E-state index in [1.54, 1.807) is 6.07 Å². The molecule has 162 valence electrons. The van der Waals surface area contributed by atoms with Crippen LogP contribution in [-0.4, -0.2) is 25.8 Å². The van der Waals surface area contributed by atoms with Gasteiger partial charge >= 0.3 is 5.97 Å². The highest BCUT2D eigenvalue weighted by molar-refractivity contribution is 6.08. The molecule has 0 amide bonds. The fourth-order valence-corrected chi connectivity index (χ4v) is 5.34. The molecular weight excluding hydrogens is 400 g/mol. The largest absolute Gasteiger partial charge is 0.441 e. The molecule has 0 saturated carbocycles. The van der Waals surface area contributed by atoms with E-state index in [2.05, 4.69) is 36.6 Å². The molecule has 1 aliphatic carbocycles. The van der Waals surface area contributed by atoms with Crippen LogP contribution in [0.2, 0.25) is 0 Å². The van der Waals surface area contributed by atoms with Crippen molar-refractivity contribution >= 4 is 23.1 Å². The van der Waals surface area contributed by atoms with Crippen molar-refractivity contribution in [1.29, 1.82) is 0 Å². The van der Waals surface area contributed by atoms with Crippen LogP contribution in [0.4, 0.5) is 11.4 Å². The van der Waals surface area contributed by atoms with Gasteiger partial charge in [0.2, 0.25) is 0 Å². The molecule has 2 N–H and O–H groups in total. The number of carbonyl (C=O) groups excluding carboxylic acids is 2. The summed E-state index contributed by atoms with van der Waals surface area (Å²) >= 11 is 0. The number of nitrogens with one attached hydrogen (secondary N) is 2. The fourth-order valence-electron chi connectivity index (χ4n) is 5.34. The molecule has 0 bridgehead atoms. The Hall–Kier alpha value is -3.60. The maximum absolute atomic E-state index is 13.3. The van der Waals surface area contributed by atoms with Crippen LogP contribution in [0.15, 0.2) is 54.6 Å². The fraction of sp³-hybridized carbons (Fsp3) is 0.259. The lowest BCUT2D eigenvalue weighted by atomic mass is 9.61. The normalized spacial score (nSPS) is 16.6. The summed E-state index contributed by atoms with van der Waals surface area (Å²) in [6, 6.07) is 17.8. The number of fused-ring (bicyclic) bond motifs is 6. The van der Waals surface area contributed by atoms with Crippen molar-refractivity contribution in [1.82, 2.24) is 0 Å². The monoisotopic (exact) mass is 426 g/mol. The summed E-state index contributed by atoms with van der Waals surface area (Å²) in [5.41, 5.74) is 6.06. The van der Waals surface area contributed by atoms with Crippen LogP contribution in [0.3, 0.4) is 0 Å². The first-order chi connectivity index (χ1) is 15.3. The number of benzene rings is 3. The Morgan fingerprint density at radius 1 is 0.812 bits per heavy atom. The molecule has 0 aromatic heterocycles. The van der Waals surface area contributed by atoms with Gasteiger partial charge in [0.25, 0.3) is 0 Å². The van der Waals surface area contributed by atoms with Crippen molar-refractivity contribution in [3.63, 3.8) is 0 Å². The van der Waals surface area contributed by atoms with E-state index in [4.69, 9.17) is 4.74 Å². The van der Waals surface area contributed by atoms with Crippen LogP contribution in [0.25, 0.3) is 0 Å². The van der Waals surface area contributed by atoms with E-state index in [0.717, 1.165) is 39.2 Å². The molecule has 0 saturated heterocycles. The van der Waals surface area contributed by atoms with Crippen LogP contribution in [-0.2, 0) is 15.8 Å². The molecule has 0 fully saturated rings. The molecule has 5 nitrogen and oxygen atoms in total. The zero-order valence-corrected chi connectivity index (χ0v) is 18.9. The molecule has 5 heteroatoms. The van der Waals surface area contributed by atoms with Crippen molar-refractivity contribution in [2.75, 3.05) is 24.7 Å². The molecule has 0 radical (unpaired) electrons. The standard InChI is InChI=1S/C27H26N2O3/c1-15(30)18-7-6-8-21-24(18)25(31)32-27(21)19-11-9-16(28-4)13-22(19)26(2,3)23-14-17(29-5)10-12-20(23)27/h6-14,28-29H,1-5H3. The van der Waals surface area contributed by atoms with Crippen LogP contribution < -0.4 is 10.6 Å². The predicted octanol–water partition coefficient (Wildman–Crippen LogP) is 5.07. The number of rotatable bonds is 3. The molecule has 3 aromatic rings. The Labute approximate surface area is 187 Å². The molecule has 1 aliphatic heterocycles. The van der Waals surface area contributed by atoms with Gasteiger partial charge in [-0.1, -0.05) is 44.2 Å². The highest BCUT2D eigenvalue weighted by atomic mass is 16.6. The van der Waals surface area contributed by atoms with Gasteiger partial charge in [-0.2, -0.15) is 0 Å². The average Bonchev–Trinajstić information content (AvgIpc) is 3.10. The molecular formula is C27H26N2O3. The van der Waals surface area contributed by atoms with Gasteiger partial charge in [0.1, 0.15) is 0 Å². The van der Waals surface area contributed by atoms with Crippen molar-refractivity contribution in [2.45, 2.75) is 31.8 Å². The first kappa shape index (κ1) is 20.3. The van der Waals surface area contributed by atoms with Crippen LogP contribution in [0.5, 0.6) is 0 Å². The number of esters is 1. The maximum atomic E-state index is 13.3. The second-order valence-corrected chi connectivity index (χ2v) is 9.00. The van der Waals surface area contributed by atoms with Gasteiger partial charge in [-0.3, -0.25) is 4.79 Å². The van der Waals surface area contributed by atoms with Gasteiger partial charge in [0, 0.05) is 53.1 Å². The Morgan fingerprint density at radius 3 is 1.88 bits per heavy atom. The third kappa shape index (κ3) is 2.45. The van der Waals surface area contributed by atoms with Crippen LogP contribution in [0.1, 0.15) is 69.3 Å². The molecule has 0 unspecified atom stereocenters. The van der Waals surface area contributed by atoms with Gasteiger partial charge in [-0.05, 0) is 42.3 Å². The molecule has 5 rings (SSSR count). The summed E-state index contributed by atoms with van der Waals surface area (Å²) in [6.45, 7) is 5.87. The van der Waals surface area contributed by atoms with Gasteiger partial charge in [-0.15, -0.1) is 0 Å². The summed E-state index contributed by atoms with van der Waals surface area (Å²) in [7, 11) is 3.79. The second-order valence-electron chi connectivity index (χ2n) is 9.00. The summed E-state index contributed by atoms with van der Waals surface area (Å²) < 4.78 is 6.31. The van der Waals surface area contributed by atoms with Crippen LogP contribution >= 0.6 is 0 Å². The van der Waals surface area contributed by atoms with Gasteiger partial charge in [0.05, 0.1) is 5.56 Å². The number of ether oxygens (including phenoxy) is 1. The SMILES string of the molecule is CNc1ccc2c(c1)C(C)(C)c1cc(NC)ccc1C21OC(=O)c2c(C(C)=O)cccc21. The topological polar surface area (TPSA) is 67.4 Å². The highest BCUT2D eigenvalue weighted by Crippen LogP contribution is 2.57. The third-order valence-corrected chi connectivity index (χ3v) is 6.99. The van der Waals surface area contributed by atoms with E-state index < -0.39 is 11.6 Å². The number of hydrogen-bond donors (Lipinski definition) is 2. The quantitative estimate of drug-likeness (QED) is 0.452. The van der Waals surface area contributed by atoms with E-state index in [-0.39, 0.29) is 11.2 Å². The van der Waals surface area contributed by atoms with Gasteiger partial charge < -0.3 is 15.4 Å². The minimum atomic E-state index is -1.10. The van der Waals surface area contributed by atoms with E-state index >= 15 is 0 Å². The lowest BCUT2D eigenvalue weighted by molar-refractivity contribution is 0.0231. The van der Waals surface area contributed by atoms with E-state index in [9.17, 15) is 9.59 Å². The minimum Gasteiger partial charge on any atom is -0.441 e. The number of Topliss-reactive ketones (excluding diaryl/α,β-unsaturated/α-hetero) is 1. The number of anilines is 2. The molecule has 2 aliphatic rings. The van der Waals surface area contributed by atoms with E-state index in [1.165, 1.54) is 6.92 Å². The second kappa shape index (κ2) is 6.70. The molecule has 1 heterocycles. The zero-order chi connectivity index (χ0) is 22.8.